The Kier molecular flexibility index (Phi) is 5.09. The van der Waals surface area contributed by atoms with Gasteiger partial charge in [-0.1, -0.05) is 13.8 Å². The number of carbonyl (C=O) groups excluding carboxylic acids is 1. The van der Waals surface area contributed by atoms with Crippen molar-refractivity contribution in [2.45, 2.75) is 46.2 Å². The fraction of sp³-hybridized carbons (Fsp3) is 0.438. The molecule has 112 valence electrons. The highest BCUT2D eigenvalue weighted by molar-refractivity contribution is 5.76. The summed E-state index contributed by atoms with van der Waals surface area (Å²) in [5.41, 5.74) is 2.06. The molecule has 21 heavy (non-hydrogen) atoms. The van der Waals surface area contributed by atoms with Crippen molar-refractivity contribution in [3.63, 3.8) is 0 Å². The first kappa shape index (κ1) is 15.2. The summed E-state index contributed by atoms with van der Waals surface area (Å²) in [4.78, 5) is 20.8. The molecule has 2 aromatic heterocycles. The Morgan fingerprint density at radius 1 is 1.33 bits per heavy atom. The minimum Gasteiger partial charge on any atom is -0.346 e. The SMILES string of the molecule is CCc1nccn1CC(=O)NC(CC)c1cc(C)ccn1. The second-order valence-electron chi connectivity index (χ2n) is 5.11. The van der Waals surface area contributed by atoms with E-state index in [4.69, 9.17) is 0 Å². The molecule has 1 N–H and O–H groups in total. The van der Waals surface area contributed by atoms with Crippen LogP contribution in [0, 0.1) is 6.92 Å². The zero-order chi connectivity index (χ0) is 15.2. The van der Waals surface area contributed by atoms with E-state index in [1.807, 2.05) is 43.7 Å². The van der Waals surface area contributed by atoms with Gasteiger partial charge < -0.3 is 9.88 Å². The molecule has 1 unspecified atom stereocenters. The van der Waals surface area contributed by atoms with E-state index in [2.05, 4.69) is 15.3 Å². The van der Waals surface area contributed by atoms with Crippen LogP contribution in [0.25, 0.3) is 0 Å². The molecule has 0 aliphatic carbocycles. The van der Waals surface area contributed by atoms with Gasteiger partial charge in [-0.25, -0.2) is 4.98 Å². The lowest BCUT2D eigenvalue weighted by atomic mass is 10.1. The second kappa shape index (κ2) is 7.02. The monoisotopic (exact) mass is 286 g/mol. The molecule has 5 heteroatoms. The number of pyridine rings is 1. The Balaban J connectivity index is 2.03. The summed E-state index contributed by atoms with van der Waals surface area (Å²) in [5.74, 6) is 0.907. The lowest BCUT2D eigenvalue weighted by Gasteiger charge is -2.17. The van der Waals surface area contributed by atoms with Gasteiger partial charge in [-0.15, -0.1) is 0 Å². The highest BCUT2D eigenvalue weighted by Crippen LogP contribution is 2.15. The van der Waals surface area contributed by atoms with Crippen molar-refractivity contribution >= 4 is 5.91 Å². The molecule has 0 saturated heterocycles. The highest BCUT2D eigenvalue weighted by Gasteiger charge is 2.15. The minimum atomic E-state index is -0.0500. The van der Waals surface area contributed by atoms with E-state index in [1.54, 1.807) is 12.4 Å². The maximum Gasteiger partial charge on any atom is 0.240 e. The molecule has 1 atom stereocenters. The van der Waals surface area contributed by atoms with Crippen LogP contribution in [0.1, 0.15) is 43.4 Å². The molecule has 0 fully saturated rings. The second-order valence-corrected chi connectivity index (χ2v) is 5.11. The van der Waals surface area contributed by atoms with Gasteiger partial charge in [0.15, 0.2) is 0 Å². The normalized spacial score (nSPS) is 12.1. The third-order valence-corrected chi connectivity index (χ3v) is 3.47. The Labute approximate surface area is 125 Å². The molecule has 0 aliphatic rings. The molecule has 0 spiro atoms. The zero-order valence-electron chi connectivity index (χ0n) is 12.8. The summed E-state index contributed by atoms with van der Waals surface area (Å²) in [6, 6.07) is 3.92. The van der Waals surface area contributed by atoms with Crippen LogP contribution in [0.2, 0.25) is 0 Å². The molecule has 0 radical (unpaired) electrons. The fourth-order valence-corrected chi connectivity index (χ4v) is 2.33. The predicted octanol–water partition coefficient (Wildman–Crippen LogP) is 2.42. The standard InChI is InChI=1S/C16H22N4O/c1-4-13(14-10-12(3)6-7-17-14)19-16(21)11-20-9-8-18-15(20)5-2/h6-10,13H,4-5,11H2,1-3H3,(H,19,21). The zero-order valence-corrected chi connectivity index (χ0v) is 12.8. The molecular weight excluding hydrogens is 264 g/mol. The number of rotatable bonds is 6. The number of aryl methyl sites for hydroxylation is 2. The summed E-state index contributed by atoms with van der Waals surface area (Å²) >= 11 is 0. The number of nitrogens with one attached hydrogen (secondary N) is 1. The molecular formula is C16H22N4O. The van der Waals surface area contributed by atoms with Crippen molar-refractivity contribution in [2.24, 2.45) is 0 Å². The number of amides is 1. The topological polar surface area (TPSA) is 59.8 Å². The van der Waals surface area contributed by atoms with E-state index in [0.29, 0.717) is 6.54 Å². The maximum atomic E-state index is 12.2. The molecule has 2 rings (SSSR count). The first-order valence-corrected chi connectivity index (χ1v) is 7.36. The Hall–Kier alpha value is -2.17. The highest BCUT2D eigenvalue weighted by atomic mass is 16.2. The van der Waals surface area contributed by atoms with Gasteiger partial charge in [0.1, 0.15) is 12.4 Å². The fourth-order valence-electron chi connectivity index (χ4n) is 2.33. The minimum absolute atomic E-state index is 0.0159. The molecule has 0 saturated carbocycles. The summed E-state index contributed by atoms with van der Waals surface area (Å²) in [6.45, 7) is 6.40. The van der Waals surface area contributed by atoms with E-state index in [1.165, 1.54) is 0 Å². The van der Waals surface area contributed by atoms with Crippen LogP contribution in [-0.2, 0) is 17.8 Å². The maximum absolute atomic E-state index is 12.2. The van der Waals surface area contributed by atoms with Crippen molar-refractivity contribution in [1.29, 1.82) is 0 Å². The van der Waals surface area contributed by atoms with Crippen molar-refractivity contribution < 1.29 is 4.79 Å². The number of carbonyl (C=O) groups is 1. The number of aromatic nitrogens is 3. The number of nitrogens with zero attached hydrogens (tertiary/aromatic N) is 3. The molecule has 0 aromatic carbocycles. The van der Waals surface area contributed by atoms with Crippen LogP contribution in [0.15, 0.2) is 30.7 Å². The van der Waals surface area contributed by atoms with Crippen LogP contribution in [-0.4, -0.2) is 20.4 Å². The van der Waals surface area contributed by atoms with E-state index >= 15 is 0 Å². The number of imidazole rings is 1. The summed E-state index contributed by atoms with van der Waals surface area (Å²) in [5, 5.41) is 3.05. The van der Waals surface area contributed by atoms with E-state index in [9.17, 15) is 4.79 Å². The van der Waals surface area contributed by atoms with Crippen LogP contribution in [0.3, 0.4) is 0 Å². The first-order chi connectivity index (χ1) is 10.1. The van der Waals surface area contributed by atoms with Gasteiger partial charge in [0, 0.05) is 25.0 Å². The van der Waals surface area contributed by atoms with Gasteiger partial charge >= 0.3 is 0 Å². The van der Waals surface area contributed by atoms with Crippen molar-refractivity contribution in [2.75, 3.05) is 0 Å². The lowest BCUT2D eigenvalue weighted by molar-refractivity contribution is -0.122. The Bertz CT molecular complexity index is 606. The van der Waals surface area contributed by atoms with E-state index < -0.39 is 0 Å². The Morgan fingerprint density at radius 3 is 2.81 bits per heavy atom. The lowest BCUT2D eigenvalue weighted by Crippen LogP contribution is -2.32. The van der Waals surface area contributed by atoms with Crippen LogP contribution >= 0.6 is 0 Å². The summed E-state index contributed by atoms with van der Waals surface area (Å²) in [7, 11) is 0. The molecule has 0 bridgehead atoms. The molecule has 0 aliphatic heterocycles. The number of hydrogen-bond acceptors (Lipinski definition) is 3. The van der Waals surface area contributed by atoms with Gasteiger partial charge in [0.2, 0.25) is 5.91 Å². The number of hydrogen-bond donors (Lipinski definition) is 1. The molecule has 2 aromatic rings. The largest absolute Gasteiger partial charge is 0.346 e. The molecule has 2 heterocycles. The predicted molar refractivity (Wildman–Crippen MR) is 81.8 cm³/mol. The third kappa shape index (κ3) is 3.90. The van der Waals surface area contributed by atoms with Crippen molar-refractivity contribution in [3.05, 3.63) is 47.8 Å². The first-order valence-electron chi connectivity index (χ1n) is 7.36. The summed E-state index contributed by atoms with van der Waals surface area (Å²) in [6.07, 6.45) is 6.98. The van der Waals surface area contributed by atoms with Crippen LogP contribution in [0.4, 0.5) is 0 Å². The molecule has 1 amide bonds. The van der Waals surface area contributed by atoms with Gasteiger partial charge in [0.05, 0.1) is 11.7 Å². The van der Waals surface area contributed by atoms with E-state index in [0.717, 1.165) is 29.9 Å². The van der Waals surface area contributed by atoms with Gasteiger partial charge in [-0.05, 0) is 31.0 Å². The Morgan fingerprint density at radius 2 is 2.14 bits per heavy atom. The average Bonchev–Trinajstić information content (AvgIpc) is 2.91. The van der Waals surface area contributed by atoms with Crippen LogP contribution in [0.5, 0.6) is 0 Å². The average molecular weight is 286 g/mol. The quantitative estimate of drug-likeness (QED) is 0.887. The third-order valence-electron chi connectivity index (χ3n) is 3.47. The van der Waals surface area contributed by atoms with Gasteiger partial charge in [-0.3, -0.25) is 9.78 Å². The molecule has 5 nitrogen and oxygen atoms in total. The van der Waals surface area contributed by atoms with E-state index in [-0.39, 0.29) is 11.9 Å². The van der Waals surface area contributed by atoms with Crippen molar-refractivity contribution in [3.8, 4) is 0 Å². The van der Waals surface area contributed by atoms with Gasteiger partial charge in [0.25, 0.3) is 0 Å². The van der Waals surface area contributed by atoms with Crippen molar-refractivity contribution in [1.82, 2.24) is 19.9 Å². The summed E-state index contributed by atoms with van der Waals surface area (Å²) < 4.78 is 1.88. The van der Waals surface area contributed by atoms with Gasteiger partial charge in [-0.2, -0.15) is 0 Å². The smallest absolute Gasteiger partial charge is 0.240 e. The van der Waals surface area contributed by atoms with Crippen LogP contribution < -0.4 is 5.32 Å².